The van der Waals surface area contributed by atoms with Gasteiger partial charge < -0.3 is 5.32 Å². The molecule has 132 valence electrons. The molecule has 11 heteroatoms. The van der Waals surface area contributed by atoms with Crippen molar-refractivity contribution in [2.75, 3.05) is 18.4 Å². The number of nitrogens with zero attached hydrogens (tertiary/aromatic N) is 2. The van der Waals surface area contributed by atoms with E-state index in [-0.39, 0.29) is 18.8 Å². The molecule has 25 heavy (non-hydrogen) atoms. The second kappa shape index (κ2) is 7.68. The number of hydrogen-bond donors (Lipinski definition) is 2. The van der Waals surface area contributed by atoms with Crippen LogP contribution in [0.15, 0.2) is 53.4 Å². The van der Waals surface area contributed by atoms with Crippen LogP contribution in [0, 0.1) is 20.2 Å². The molecule has 2 aromatic carbocycles. The quantitative estimate of drug-likeness (QED) is 0.412. The van der Waals surface area contributed by atoms with E-state index in [0.29, 0.717) is 5.69 Å². The summed E-state index contributed by atoms with van der Waals surface area (Å²) in [4.78, 5) is 19.8. The minimum atomic E-state index is -4.03. The number of sulfonamides is 1. The van der Waals surface area contributed by atoms with Gasteiger partial charge in [-0.2, -0.15) is 0 Å². The van der Waals surface area contributed by atoms with E-state index in [0.717, 1.165) is 12.1 Å². The lowest BCUT2D eigenvalue weighted by Crippen LogP contribution is -2.29. The van der Waals surface area contributed by atoms with Gasteiger partial charge in [0.15, 0.2) is 4.90 Å². The first-order valence-electron chi connectivity index (χ1n) is 7.02. The van der Waals surface area contributed by atoms with E-state index in [1.54, 1.807) is 0 Å². The minimum absolute atomic E-state index is 0.0225. The number of nitro groups is 2. The van der Waals surface area contributed by atoms with Gasteiger partial charge in [0.05, 0.1) is 9.85 Å². The van der Waals surface area contributed by atoms with Crippen LogP contribution >= 0.6 is 0 Å². The summed E-state index contributed by atoms with van der Waals surface area (Å²) < 4.78 is 26.6. The topological polar surface area (TPSA) is 144 Å². The van der Waals surface area contributed by atoms with Gasteiger partial charge in [0, 0.05) is 37.0 Å². The number of benzene rings is 2. The molecule has 0 heterocycles. The van der Waals surface area contributed by atoms with Gasteiger partial charge in [0.25, 0.3) is 11.4 Å². The summed E-state index contributed by atoms with van der Waals surface area (Å²) in [5, 5.41) is 24.4. The summed E-state index contributed by atoms with van der Waals surface area (Å²) in [7, 11) is -4.03. The lowest BCUT2D eigenvalue weighted by Gasteiger charge is -2.09. The number of non-ortho nitro benzene ring substituents is 1. The van der Waals surface area contributed by atoms with Crippen molar-refractivity contribution in [2.24, 2.45) is 0 Å². The maximum atomic E-state index is 12.2. The van der Waals surface area contributed by atoms with Crippen molar-refractivity contribution in [3.05, 3.63) is 68.8 Å². The highest BCUT2D eigenvalue weighted by Crippen LogP contribution is 2.22. The molecular weight excluding hydrogens is 352 g/mol. The van der Waals surface area contributed by atoms with Crippen molar-refractivity contribution in [1.82, 2.24) is 4.72 Å². The summed E-state index contributed by atoms with van der Waals surface area (Å²) in [5.74, 6) is 0. The van der Waals surface area contributed by atoms with Crippen molar-refractivity contribution >= 4 is 27.1 Å². The Morgan fingerprint density at radius 1 is 0.880 bits per heavy atom. The molecule has 0 saturated carbocycles. The first-order valence-corrected chi connectivity index (χ1v) is 8.51. The van der Waals surface area contributed by atoms with Crippen LogP contribution in [0.25, 0.3) is 0 Å². The molecule has 0 bridgehead atoms. The van der Waals surface area contributed by atoms with E-state index < -0.39 is 30.5 Å². The van der Waals surface area contributed by atoms with Gasteiger partial charge in [-0.05, 0) is 18.2 Å². The zero-order valence-electron chi connectivity index (χ0n) is 12.8. The molecule has 0 aromatic heterocycles. The monoisotopic (exact) mass is 366 g/mol. The highest BCUT2D eigenvalue weighted by atomic mass is 32.2. The van der Waals surface area contributed by atoms with Gasteiger partial charge in [0.2, 0.25) is 10.0 Å². The molecule has 2 aromatic rings. The first-order chi connectivity index (χ1) is 11.8. The Kier molecular flexibility index (Phi) is 5.62. The zero-order chi connectivity index (χ0) is 18.4. The molecule has 0 aliphatic carbocycles. The second-order valence-corrected chi connectivity index (χ2v) is 6.59. The van der Waals surface area contributed by atoms with Crippen LogP contribution in [0.2, 0.25) is 0 Å². The third-order valence-electron chi connectivity index (χ3n) is 3.18. The predicted molar refractivity (Wildman–Crippen MR) is 89.9 cm³/mol. The Bertz CT molecular complexity index is 882. The number of nitrogens with one attached hydrogen (secondary N) is 2. The van der Waals surface area contributed by atoms with E-state index >= 15 is 0 Å². The molecule has 10 nitrogen and oxygen atoms in total. The fraction of sp³-hybridized carbons (Fsp3) is 0.143. The predicted octanol–water partition coefficient (Wildman–Crippen LogP) is 1.89. The lowest BCUT2D eigenvalue weighted by molar-refractivity contribution is -0.387. The van der Waals surface area contributed by atoms with Crippen molar-refractivity contribution in [3.63, 3.8) is 0 Å². The lowest BCUT2D eigenvalue weighted by atomic mass is 10.3. The minimum Gasteiger partial charge on any atom is -0.384 e. The van der Waals surface area contributed by atoms with Crippen LogP contribution in [0.3, 0.4) is 0 Å². The molecule has 0 fully saturated rings. The molecule has 2 rings (SSSR count). The fourth-order valence-corrected chi connectivity index (χ4v) is 3.21. The maximum Gasteiger partial charge on any atom is 0.289 e. The van der Waals surface area contributed by atoms with Gasteiger partial charge in [0.1, 0.15) is 0 Å². The Hall–Kier alpha value is -3.05. The first kappa shape index (κ1) is 18.3. The normalized spacial score (nSPS) is 11.0. The molecule has 0 amide bonds. The second-order valence-electron chi connectivity index (χ2n) is 4.85. The molecular formula is C14H14N4O6S. The van der Waals surface area contributed by atoms with Gasteiger partial charge in [-0.25, -0.2) is 13.1 Å². The van der Waals surface area contributed by atoms with Crippen molar-refractivity contribution < 1.29 is 18.3 Å². The van der Waals surface area contributed by atoms with Crippen LogP contribution in [-0.2, 0) is 10.0 Å². The Morgan fingerprint density at radius 3 is 2.12 bits per heavy atom. The number of para-hydroxylation sites is 1. The van der Waals surface area contributed by atoms with E-state index in [1.807, 2.05) is 0 Å². The van der Waals surface area contributed by atoms with Crippen LogP contribution in [0.4, 0.5) is 17.1 Å². The SMILES string of the molecule is O=[N+]([O-])c1ccc(NCCNS(=O)(=O)c2ccccc2[N+](=O)[O-])cc1. The fourth-order valence-electron chi connectivity index (χ4n) is 2.01. The van der Waals surface area contributed by atoms with Gasteiger partial charge >= 0.3 is 0 Å². The average molecular weight is 366 g/mol. The van der Waals surface area contributed by atoms with E-state index in [1.165, 1.54) is 36.4 Å². The third kappa shape index (κ3) is 4.71. The third-order valence-corrected chi connectivity index (χ3v) is 4.68. The summed E-state index contributed by atoms with van der Waals surface area (Å²) in [5.41, 5.74) is 0.0245. The van der Waals surface area contributed by atoms with Gasteiger partial charge in [-0.3, -0.25) is 20.2 Å². The van der Waals surface area contributed by atoms with Crippen LogP contribution in [0.1, 0.15) is 0 Å². The highest BCUT2D eigenvalue weighted by Gasteiger charge is 2.24. The summed E-state index contributed by atoms with van der Waals surface area (Å²) in [6.07, 6.45) is 0. The molecule has 0 aliphatic heterocycles. The largest absolute Gasteiger partial charge is 0.384 e. The van der Waals surface area contributed by atoms with Crippen molar-refractivity contribution in [1.29, 1.82) is 0 Å². The van der Waals surface area contributed by atoms with Crippen LogP contribution in [0.5, 0.6) is 0 Å². The number of nitro benzene ring substituents is 2. The Balaban J connectivity index is 1.95. The van der Waals surface area contributed by atoms with E-state index in [2.05, 4.69) is 10.0 Å². The van der Waals surface area contributed by atoms with E-state index in [4.69, 9.17) is 0 Å². The van der Waals surface area contributed by atoms with Gasteiger partial charge in [-0.1, -0.05) is 12.1 Å². The van der Waals surface area contributed by atoms with Crippen molar-refractivity contribution in [3.8, 4) is 0 Å². The molecule has 0 atom stereocenters. The maximum absolute atomic E-state index is 12.2. The number of hydrogen-bond acceptors (Lipinski definition) is 7. The summed E-state index contributed by atoms with van der Waals surface area (Å²) in [6.45, 7) is 0.170. The number of rotatable bonds is 8. The smallest absolute Gasteiger partial charge is 0.289 e. The number of anilines is 1. The summed E-state index contributed by atoms with van der Waals surface area (Å²) in [6, 6.07) is 10.7. The molecule has 2 N–H and O–H groups in total. The average Bonchev–Trinajstić information content (AvgIpc) is 2.59. The molecule has 0 aliphatic rings. The molecule has 0 spiro atoms. The van der Waals surface area contributed by atoms with E-state index in [9.17, 15) is 28.6 Å². The standard InChI is InChI=1S/C14H14N4O6S/c19-17(20)12-7-5-11(6-8-12)15-9-10-16-25(23,24)14-4-2-1-3-13(14)18(21)22/h1-8,15-16H,9-10H2. The Morgan fingerprint density at radius 2 is 1.52 bits per heavy atom. The Labute approximate surface area is 142 Å². The van der Waals surface area contributed by atoms with Gasteiger partial charge in [-0.15, -0.1) is 0 Å². The van der Waals surface area contributed by atoms with Crippen LogP contribution < -0.4 is 10.0 Å². The zero-order valence-corrected chi connectivity index (χ0v) is 13.6. The highest BCUT2D eigenvalue weighted by molar-refractivity contribution is 7.89. The molecule has 0 unspecified atom stereocenters. The van der Waals surface area contributed by atoms with Crippen molar-refractivity contribution in [2.45, 2.75) is 4.90 Å². The molecule has 0 saturated heterocycles. The molecule has 0 radical (unpaired) electrons. The summed E-state index contributed by atoms with van der Waals surface area (Å²) >= 11 is 0. The van der Waals surface area contributed by atoms with Crippen LogP contribution in [-0.4, -0.2) is 31.4 Å².